The van der Waals surface area contributed by atoms with Crippen molar-refractivity contribution in [2.75, 3.05) is 13.1 Å². The van der Waals surface area contributed by atoms with E-state index in [1.165, 1.54) is 0 Å². The molecule has 0 radical (unpaired) electrons. The molecule has 12 nitrogen and oxygen atoms in total. The summed E-state index contributed by atoms with van der Waals surface area (Å²) in [6, 6.07) is -0.647. The first-order chi connectivity index (χ1) is 16.5. The molecule has 4 aliphatic heterocycles. The van der Waals surface area contributed by atoms with Crippen molar-refractivity contribution in [3.63, 3.8) is 0 Å². The van der Waals surface area contributed by atoms with Crippen molar-refractivity contribution in [2.24, 2.45) is 22.7 Å². The van der Waals surface area contributed by atoms with Crippen LogP contribution in [0.5, 0.6) is 0 Å². The maximum atomic E-state index is 11.9. The van der Waals surface area contributed by atoms with Crippen LogP contribution in [0.15, 0.2) is 0 Å². The van der Waals surface area contributed by atoms with Gasteiger partial charge >= 0.3 is 0 Å². The Bertz CT molecular complexity index is 951. The molecule has 4 aliphatic rings. The number of hydrogen-bond donors (Lipinski definition) is 0. The largest absolute Gasteiger partial charge is 0.284 e. The van der Waals surface area contributed by atoms with Crippen molar-refractivity contribution in [3.05, 3.63) is 0 Å². The fourth-order valence-electron chi connectivity index (χ4n) is 4.79. The van der Waals surface area contributed by atoms with Crippen molar-refractivity contribution in [3.8, 4) is 0 Å². The standard InChI is InChI=1S/2C12H16N2O4/c2*1-6(2)5-13-8(15)12(9(13)16)10(17)14(7(3)4)11(12)18/h2*6-7H,5H2,1-4H3. The lowest BCUT2D eigenvalue weighted by Crippen LogP contribution is -2.85. The molecule has 4 heterocycles. The highest BCUT2D eigenvalue weighted by Gasteiger charge is 2.81. The second kappa shape index (κ2) is 8.59. The van der Waals surface area contributed by atoms with E-state index in [2.05, 4.69) is 0 Å². The Morgan fingerprint density at radius 3 is 0.833 bits per heavy atom. The first-order valence-corrected chi connectivity index (χ1v) is 12.0. The van der Waals surface area contributed by atoms with Gasteiger partial charge in [-0.15, -0.1) is 0 Å². The highest BCUT2D eigenvalue weighted by atomic mass is 16.2. The van der Waals surface area contributed by atoms with Gasteiger partial charge in [0.1, 0.15) is 0 Å². The Balaban J connectivity index is 0.000000201. The third kappa shape index (κ3) is 3.12. The number of nitrogens with zero attached hydrogens (tertiary/aromatic N) is 4. The highest BCUT2D eigenvalue weighted by Crippen LogP contribution is 2.47. The summed E-state index contributed by atoms with van der Waals surface area (Å²) in [7, 11) is 0. The molecule has 36 heavy (non-hydrogen) atoms. The molecule has 4 fully saturated rings. The van der Waals surface area contributed by atoms with Crippen LogP contribution >= 0.6 is 0 Å². The number of β-lactam (4-membered cyclic amide) rings is 8. The molecule has 8 amide bonds. The minimum Gasteiger partial charge on any atom is -0.279 e. The quantitative estimate of drug-likeness (QED) is 0.349. The van der Waals surface area contributed by atoms with Gasteiger partial charge in [-0.05, 0) is 39.5 Å². The molecule has 2 spiro atoms. The van der Waals surface area contributed by atoms with Gasteiger partial charge in [-0.25, -0.2) is 0 Å². The van der Waals surface area contributed by atoms with E-state index in [1.807, 2.05) is 27.7 Å². The lowest BCUT2D eigenvalue weighted by atomic mass is 9.68. The van der Waals surface area contributed by atoms with Crippen molar-refractivity contribution < 1.29 is 38.4 Å². The van der Waals surface area contributed by atoms with Gasteiger partial charge in [0.25, 0.3) is 58.1 Å². The average molecular weight is 505 g/mol. The molecule has 0 aliphatic carbocycles. The Morgan fingerprint density at radius 2 is 0.667 bits per heavy atom. The van der Waals surface area contributed by atoms with Gasteiger partial charge in [0.05, 0.1) is 0 Å². The molecule has 4 rings (SSSR count). The number of likely N-dealkylation sites (tertiary alicyclic amines) is 4. The zero-order chi connectivity index (χ0) is 27.7. The summed E-state index contributed by atoms with van der Waals surface area (Å²) in [4.78, 5) is 99.3. The number of imide groups is 4. The predicted octanol–water partition coefficient (Wildman–Crippen LogP) is -0.450. The number of carbonyl (C=O) groups excluding carboxylic acids is 8. The molecule has 12 heteroatoms. The van der Waals surface area contributed by atoms with Crippen LogP contribution in [0.25, 0.3) is 0 Å². The topological polar surface area (TPSA) is 150 Å². The van der Waals surface area contributed by atoms with E-state index >= 15 is 0 Å². The van der Waals surface area contributed by atoms with Gasteiger partial charge in [-0.1, -0.05) is 27.7 Å². The molecule has 0 saturated carbocycles. The van der Waals surface area contributed by atoms with Crippen LogP contribution < -0.4 is 0 Å². The summed E-state index contributed by atoms with van der Waals surface area (Å²) in [6.07, 6.45) is 0. The lowest BCUT2D eigenvalue weighted by molar-refractivity contribution is -0.204. The zero-order valence-corrected chi connectivity index (χ0v) is 21.8. The van der Waals surface area contributed by atoms with Crippen LogP contribution in [0.4, 0.5) is 0 Å². The first kappa shape index (κ1) is 27.2. The summed E-state index contributed by atoms with van der Waals surface area (Å²) < 4.78 is 0. The van der Waals surface area contributed by atoms with E-state index in [1.54, 1.807) is 27.7 Å². The molecule has 0 aromatic rings. The fourth-order valence-corrected chi connectivity index (χ4v) is 4.79. The molecular formula is C24H32N4O8. The summed E-state index contributed by atoms with van der Waals surface area (Å²) >= 11 is 0. The van der Waals surface area contributed by atoms with Crippen LogP contribution in [-0.2, 0) is 38.4 Å². The second-order valence-corrected chi connectivity index (χ2v) is 10.9. The van der Waals surface area contributed by atoms with E-state index in [9.17, 15) is 38.4 Å². The average Bonchev–Trinajstić information content (AvgIpc) is 2.76. The fraction of sp³-hybridized carbons (Fsp3) is 0.667. The Labute approximate surface area is 208 Å². The third-order valence-corrected chi connectivity index (χ3v) is 6.55. The maximum Gasteiger partial charge on any atom is 0.284 e. The molecular weight excluding hydrogens is 472 g/mol. The van der Waals surface area contributed by atoms with Crippen molar-refractivity contribution in [1.82, 2.24) is 19.6 Å². The van der Waals surface area contributed by atoms with Crippen LogP contribution in [-0.4, -0.2) is 92.0 Å². The Kier molecular flexibility index (Phi) is 6.48. The smallest absolute Gasteiger partial charge is 0.279 e. The number of amides is 8. The van der Waals surface area contributed by atoms with E-state index in [-0.39, 0.29) is 37.0 Å². The molecule has 196 valence electrons. The molecule has 0 N–H and O–H groups in total. The van der Waals surface area contributed by atoms with Gasteiger partial charge in [-0.2, -0.15) is 0 Å². The third-order valence-electron chi connectivity index (χ3n) is 6.55. The van der Waals surface area contributed by atoms with Crippen LogP contribution in [0.2, 0.25) is 0 Å². The summed E-state index contributed by atoms with van der Waals surface area (Å²) in [5.74, 6) is -5.09. The van der Waals surface area contributed by atoms with Crippen LogP contribution in [0.1, 0.15) is 55.4 Å². The maximum absolute atomic E-state index is 11.9. The van der Waals surface area contributed by atoms with E-state index in [0.717, 1.165) is 19.6 Å². The normalized spacial score (nSPS) is 22.1. The van der Waals surface area contributed by atoms with E-state index in [0.29, 0.717) is 0 Å². The minimum absolute atomic E-state index is 0.113. The highest BCUT2D eigenvalue weighted by molar-refractivity contribution is 6.53. The SMILES string of the molecule is CC(C)CN1C(=O)C2(C1=O)C(=O)N(C(C)C)C2=O.CC(C)CN1C(=O)C2(C1=O)C(=O)N(C(C)C)C2=O. The van der Waals surface area contributed by atoms with Crippen LogP contribution in [0.3, 0.4) is 0 Å². The van der Waals surface area contributed by atoms with E-state index in [4.69, 9.17) is 0 Å². The van der Waals surface area contributed by atoms with Gasteiger partial charge in [-0.3, -0.25) is 58.0 Å². The first-order valence-electron chi connectivity index (χ1n) is 12.0. The molecule has 0 aromatic carbocycles. The van der Waals surface area contributed by atoms with Gasteiger partial charge in [0.2, 0.25) is 0 Å². The van der Waals surface area contributed by atoms with Crippen molar-refractivity contribution in [1.29, 1.82) is 0 Å². The lowest BCUT2D eigenvalue weighted by Gasteiger charge is -2.53. The minimum atomic E-state index is -2.01. The summed E-state index contributed by atoms with van der Waals surface area (Å²) in [6.45, 7) is 14.6. The monoisotopic (exact) mass is 504 g/mol. The predicted molar refractivity (Wildman–Crippen MR) is 122 cm³/mol. The van der Waals surface area contributed by atoms with Gasteiger partial charge in [0.15, 0.2) is 0 Å². The molecule has 0 unspecified atom stereocenters. The summed E-state index contributed by atoms with van der Waals surface area (Å²) in [5.41, 5.74) is -4.03. The molecule has 0 bridgehead atoms. The number of hydrogen-bond acceptors (Lipinski definition) is 8. The van der Waals surface area contributed by atoms with Crippen molar-refractivity contribution in [2.45, 2.75) is 67.5 Å². The van der Waals surface area contributed by atoms with Gasteiger partial charge < -0.3 is 0 Å². The summed E-state index contributed by atoms with van der Waals surface area (Å²) in [5, 5.41) is 0. The second-order valence-electron chi connectivity index (χ2n) is 10.9. The molecule has 0 aromatic heterocycles. The number of rotatable bonds is 6. The molecule has 4 saturated heterocycles. The van der Waals surface area contributed by atoms with Crippen molar-refractivity contribution >= 4 is 47.3 Å². The Morgan fingerprint density at radius 1 is 0.444 bits per heavy atom. The van der Waals surface area contributed by atoms with Crippen LogP contribution in [0, 0.1) is 22.7 Å². The molecule has 0 atom stereocenters. The zero-order valence-electron chi connectivity index (χ0n) is 21.8. The van der Waals surface area contributed by atoms with Gasteiger partial charge in [0, 0.05) is 25.2 Å². The Hall–Kier alpha value is -3.44. The van der Waals surface area contributed by atoms with E-state index < -0.39 is 58.1 Å². The number of carbonyl (C=O) groups is 8.